The number of nitrogens with zero attached hydrogens (tertiary/aromatic N) is 1. The molecule has 0 spiro atoms. The predicted octanol–water partition coefficient (Wildman–Crippen LogP) is 2.93. The highest BCUT2D eigenvalue weighted by atomic mass is 16.5. The molecule has 1 rings (SSSR count). The van der Waals surface area contributed by atoms with Crippen LogP contribution in [0.5, 0.6) is 5.75 Å². The van der Waals surface area contributed by atoms with Crippen molar-refractivity contribution in [3.63, 3.8) is 0 Å². The Bertz CT molecular complexity index is 302. The molecule has 1 atom stereocenters. The van der Waals surface area contributed by atoms with Gasteiger partial charge >= 0.3 is 0 Å². The molecule has 1 N–H and O–H groups in total. The van der Waals surface area contributed by atoms with Crippen LogP contribution in [0.3, 0.4) is 0 Å². The highest BCUT2D eigenvalue weighted by molar-refractivity contribution is 5.32. The molecular formula is C13H22N2O. The molecule has 0 aliphatic carbocycles. The predicted molar refractivity (Wildman–Crippen MR) is 66.7 cm³/mol. The zero-order chi connectivity index (χ0) is 11.8. The third-order valence-corrected chi connectivity index (χ3v) is 2.86. The van der Waals surface area contributed by atoms with Crippen LogP contribution in [0.4, 0.5) is 0 Å². The first-order chi connectivity index (χ1) is 7.83. The van der Waals surface area contributed by atoms with Gasteiger partial charge in [0, 0.05) is 17.8 Å². The van der Waals surface area contributed by atoms with E-state index in [9.17, 15) is 0 Å². The maximum atomic E-state index is 5.33. The molecule has 1 heterocycles. The Morgan fingerprint density at radius 2 is 2.25 bits per heavy atom. The van der Waals surface area contributed by atoms with Crippen molar-refractivity contribution in [2.45, 2.75) is 38.6 Å². The topological polar surface area (TPSA) is 34.2 Å². The van der Waals surface area contributed by atoms with Crippen LogP contribution in [0.1, 0.15) is 44.2 Å². The van der Waals surface area contributed by atoms with E-state index in [1.165, 1.54) is 24.8 Å². The molecule has 90 valence electrons. The Labute approximate surface area is 98.2 Å². The van der Waals surface area contributed by atoms with Crippen LogP contribution in [0.25, 0.3) is 0 Å². The summed E-state index contributed by atoms with van der Waals surface area (Å²) in [7, 11) is 3.69. The second kappa shape index (κ2) is 7.23. The monoisotopic (exact) mass is 222 g/mol. The minimum atomic E-state index is 0.365. The van der Waals surface area contributed by atoms with Gasteiger partial charge in [-0.05, 0) is 19.5 Å². The van der Waals surface area contributed by atoms with Crippen molar-refractivity contribution in [1.82, 2.24) is 10.3 Å². The fraction of sp³-hybridized carbons (Fsp3) is 0.615. The molecule has 0 radical (unpaired) electrons. The molecule has 0 bridgehead atoms. The van der Waals surface area contributed by atoms with E-state index in [1.807, 2.05) is 19.3 Å². The number of hydrogen-bond acceptors (Lipinski definition) is 3. The Balaban J connectivity index is 2.69. The summed E-state index contributed by atoms with van der Waals surface area (Å²) in [5.41, 5.74) is 1.20. The van der Waals surface area contributed by atoms with Gasteiger partial charge in [-0.1, -0.05) is 26.2 Å². The van der Waals surface area contributed by atoms with E-state index in [2.05, 4.69) is 17.2 Å². The highest BCUT2D eigenvalue weighted by Gasteiger charge is 2.13. The van der Waals surface area contributed by atoms with Gasteiger partial charge in [-0.2, -0.15) is 0 Å². The fourth-order valence-electron chi connectivity index (χ4n) is 1.90. The van der Waals surface area contributed by atoms with Crippen LogP contribution in [-0.4, -0.2) is 19.1 Å². The van der Waals surface area contributed by atoms with Crippen LogP contribution >= 0.6 is 0 Å². The van der Waals surface area contributed by atoms with Crippen LogP contribution in [-0.2, 0) is 0 Å². The maximum absolute atomic E-state index is 5.33. The van der Waals surface area contributed by atoms with E-state index >= 15 is 0 Å². The quantitative estimate of drug-likeness (QED) is 0.720. The molecule has 16 heavy (non-hydrogen) atoms. The first kappa shape index (κ1) is 13.0. The molecule has 0 fully saturated rings. The Morgan fingerprint density at radius 3 is 2.88 bits per heavy atom. The van der Waals surface area contributed by atoms with Gasteiger partial charge in [-0.15, -0.1) is 0 Å². The summed E-state index contributed by atoms with van der Waals surface area (Å²) in [6.45, 7) is 2.22. The molecule has 0 aliphatic rings. The Kier molecular flexibility index (Phi) is 5.86. The third-order valence-electron chi connectivity index (χ3n) is 2.86. The summed E-state index contributed by atoms with van der Waals surface area (Å²) in [5, 5.41) is 3.34. The van der Waals surface area contributed by atoms with E-state index in [0.717, 1.165) is 12.2 Å². The number of methoxy groups -OCH3 is 1. The van der Waals surface area contributed by atoms with Crippen molar-refractivity contribution in [3.05, 3.63) is 24.0 Å². The van der Waals surface area contributed by atoms with Crippen molar-refractivity contribution in [1.29, 1.82) is 0 Å². The van der Waals surface area contributed by atoms with E-state index in [0.29, 0.717) is 6.04 Å². The minimum absolute atomic E-state index is 0.365. The zero-order valence-electron chi connectivity index (χ0n) is 10.5. The average molecular weight is 222 g/mol. The van der Waals surface area contributed by atoms with E-state index in [4.69, 9.17) is 4.74 Å². The molecule has 3 nitrogen and oxygen atoms in total. The molecule has 1 unspecified atom stereocenters. The first-order valence-electron chi connectivity index (χ1n) is 5.98. The van der Waals surface area contributed by atoms with Crippen LogP contribution < -0.4 is 10.1 Å². The SMILES string of the molecule is CCCCCC(NC)c1ccncc1OC. The zero-order valence-corrected chi connectivity index (χ0v) is 10.5. The van der Waals surface area contributed by atoms with Gasteiger partial charge < -0.3 is 10.1 Å². The summed E-state index contributed by atoms with van der Waals surface area (Å²) in [6.07, 6.45) is 8.52. The van der Waals surface area contributed by atoms with Gasteiger partial charge in [0.2, 0.25) is 0 Å². The molecular weight excluding hydrogens is 200 g/mol. The smallest absolute Gasteiger partial charge is 0.141 e. The van der Waals surface area contributed by atoms with Crippen molar-refractivity contribution in [3.8, 4) is 5.75 Å². The second-order valence-corrected chi connectivity index (χ2v) is 3.95. The number of rotatable bonds is 7. The second-order valence-electron chi connectivity index (χ2n) is 3.95. The van der Waals surface area contributed by atoms with Gasteiger partial charge in [-0.3, -0.25) is 4.98 Å². The lowest BCUT2D eigenvalue weighted by molar-refractivity contribution is 0.394. The minimum Gasteiger partial charge on any atom is -0.495 e. The van der Waals surface area contributed by atoms with Crippen molar-refractivity contribution < 1.29 is 4.74 Å². The van der Waals surface area contributed by atoms with Crippen molar-refractivity contribution in [2.24, 2.45) is 0 Å². The van der Waals surface area contributed by atoms with E-state index < -0.39 is 0 Å². The number of hydrogen-bond donors (Lipinski definition) is 1. The van der Waals surface area contributed by atoms with E-state index in [-0.39, 0.29) is 0 Å². The summed E-state index contributed by atoms with van der Waals surface area (Å²) >= 11 is 0. The first-order valence-corrected chi connectivity index (χ1v) is 5.98. The lowest BCUT2D eigenvalue weighted by Crippen LogP contribution is -2.17. The lowest BCUT2D eigenvalue weighted by atomic mass is 10.0. The van der Waals surface area contributed by atoms with Gasteiger partial charge in [0.1, 0.15) is 5.75 Å². The van der Waals surface area contributed by atoms with Gasteiger partial charge in [-0.25, -0.2) is 0 Å². The van der Waals surface area contributed by atoms with Gasteiger partial charge in [0.15, 0.2) is 0 Å². The van der Waals surface area contributed by atoms with Crippen molar-refractivity contribution >= 4 is 0 Å². The van der Waals surface area contributed by atoms with Crippen LogP contribution in [0.15, 0.2) is 18.5 Å². The van der Waals surface area contributed by atoms with Crippen LogP contribution in [0, 0.1) is 0 Å². The number of aromatic nitrogens is 1. The van der Waals surface area contributed by atoms with Crippen LogP contribution in [0.2, 0.25) is 0 Å². The average Bonchev–Trinajstić information content (AvgIpc) is 2.35. The number of unbranched alkanes of at least 4 members (excludes halogenated alkanes) is 2. The summed E-state index contributed by atoms with van der Waals surface area (Å²) in [6, 6.07) is 2.40. The Hall–Kier alpha value is -1.09. The largest absolute Gasteiger partial charge is 0.495 e. The molecule has 0 saturated carbocycles. The molecule has 3 heteroatoms. The van der Waals surface area contributed by atoms with Gasteiger partial charge in [0.25, 0.3) is 0 Å². The summed E-state index contributed by atoms with van der Waals surface area (Å²) in [5.74, 6) is 0.873. The van der Waals surface area contributed by atoms with Crippen molar-refractivity contribution in [2.75, 3.05) is 14.2 Å². The third kappa shape index (κ3) is 3.49. The van der Waals surface area contributed by atoms with Gasteiger partial charge in [0.05, 0.1) is 13.3 Å². The number of pyridine rings is 1. The molecule has 1 aromatic heterocycles. The molecule has 0 amide bonds. The lowest BCUT2D eigenvalue weighted by Gasteiger charge is -2.18. The highest BCUT2D eigenvalue weighted by Crippen LogP contribution is 2.27. The normalized spacial score (nSPS) is 12.4. The molecule has 1 aromatic rings. The van der Waals surface area contributed by atoms with E-state index in [1.54, 1.807) is 13.3 Å². The fourth-order valence-corrected chi connectivity index (χ4v) is 1.90. The molecule has 0 aromatic carbocycles. The summed E-state index contributed by atoms with van der Waals surface area (Å²) in [4.78, 5) is 4.08. The summed E-state index contributed by atoms with van der Waals surface area (Å²) < 4.78 is 5.33. The number of ether oxygens (including phenoxy) is 1. The number of nitrogens with one attached hydrogen (secondary N) is 1. The maximum Gasteiger partial charge on any atom is 0.141 e. The molecule has 0 aliphatic heterocycles. The molecule has 0 saturated heterocycles. The standard InChI is InChI=1S/C13H22N2O/c1-4-5-6-7-12(14-2)11-8-9-15-10-13(11)16-3/h8-10,12,14H,4-7H2,1-3H3. The Morgan fingerprint density at radius 1 is 1.44 bits per heavy atom.